The molecule has 1 aromatic carbocycles. The van der Waals surface area contributed by atoms with Crippen LogP contribution in [0.5, 0.6) is 0 Å². The van der Waals surface area contributed by atoms with Crippen molar-refractivity contribution in [3.05, 3.63) is 40.5 Å². The van der Waals surface area contributed by atoms with Crippen LogP contribution >= 0.6 is 11.6 Å². The summed E-state index contributed by atoms with van der Waals surface area (Å²) in [6.45, 7) is 1.87. The van der Waals surface area contributed by atoms with E-state index >= 15 is 0 Å². The van der Waals surface area contributed by atoms with Crippen LogP contribution in [-0.4, -0.2) is 20.9 Å². The molecule has 1 aromatic heterocycles. The molecule has 0 unspecified atom stereocenters. The van der Waals surface area contributed by atoms with E-state index in [1.54, 1.807) is 12.1 Å². The molecule has 0 spiro atoms. The van der Waals surface area contributed by atoms with Gasteiger partial charge in [0.2, 0.25) is 0 Å². The van der Waals surface area contributed by atoms with E-state index in [9.17, 15) is 4.79 Å². The van der Waals surface area contributed by atoms with E-state index in [2.05, 4.69) is 5.10 Å². The summed E-state index contributed by atoms with van der Waals surface area (Å²) in [4.78, 5) is 10.9. The van der Waals surface area contributed by atoms with E-state index in [0.717, 1.165) is 5.56 Å². The third-order valence-corrected chi connectivity index (χ3v) is 2.67. The van der Waals surface area contributed by atoms with E-state index in [1.807, 2.05) is 13.0 Å². The standard InChI is InChI=1S/C11H10ClN3O2/c1-6-2-3-7(12)4-9(6)15-10(13)8(5-14-15)11(16)17/h2-5H,13H2,1H3,(H,16,17). The molecule has 0 atom stereocenters. The van der Waals surface area contributed by atoms with E-state index in [0.29, 0.717) is 10.7 Å². The van der Waals surface area contributed by atoms with Crippen LogP contribution < -0.4 is 5.73 Å². The Labute approximate surface area is 102 Å². The van der Waals surface area contributed by atoms with Crippen molar-refractivity contribution < 1.29 is 9.90 Å². The molecule has 0 radical (unpaired) electrons. The molecule has 2 aromatic rings. The van der Waals surface area contributed by atoms with Gasteiger partial charge in [0, 0.05) is 5.02 Å². The van der Waals surface area contributed by atoms with Gasteiger partial charge in [-0.1, -0.05) is 17.7 Å². The number of nitrogens with two attached hydrogens (primary N) is 1. The molecule has 3 N–H and O–H groups in total. The molecule has 0 amide bonds. The first-order chi connectivity index (χ1) is 8.00. The number of aromatic nitrogens is 2. The van der Waals surface area contributed by atoms with Crippen LogP contribution in [0.3, 0.4) is 0 Å². The first-order valence-corrected chi connectivity index (χ1v) is 5.22. The van der Waals surface area contributed by atoms with Crippen LogP contribution in [0, 0.1) is 6.92 Å². The number of carboxylic acids is 1. The van der Waals surface area contributed by atoms with Crippen LogP contribution in [0.2, 0.25) is 5.02 Å². The lowest BCUT2D eigenvalue weighted by Crippen LogP contribution is -2.06. The van der Waals surface area contributed by atoms with Crippen LogP contribution in [-0.2, 0) is 0 Å². The van der Waals surface area contributed by atoms with Crippen LogP contribution in [0.4, 0.5) is 5.82 Å². The molecule has 0 aliphatic carbocycles. The second kappa shape index (κ2) is 4.10. The number of hydrogen-bond donors (Lipinski definition) is 2. The molecule has 2 rings (SSSR count). The zero-order valence-electron chi connectivity index (χ0n) is 9.01. The van der Waals surface area contributed by atoms with Crippen molar-refractivity contribution in [3.63, 3.8) is 0 Å². The van der Waals surface area contributed by atoms with Crippen molar-refractivity contribution in [1.82, 2.24) is 9.78 Å². The lowest BCUT2D eigenvalue weighted by Gasteiger charge is -2.08. The summed E-state index contributed by atoms with van der Waals surface area (Å²) in [7, 11) is 0. The van der Waals surface area contributed by atoms with Gasteiger partial charge in [0.25, 0.3) is 0 Å². The highest BCUT2D eigenvalue weighted by Crippen LogP contribution is 2.23. The minimum Gasteiger partial charge on any atom is -0.477 e. The molecule has 6 heteroatoms. The molecule has 0 saturated carbocycles. The van der Waals surface area contributed by atoms with Crippen molar-refractivity contribution >= 4 is 23.4 Å². The number of hydrogen-bond acceptors (Lipinski definition) is 3. The molecule has 0 fully saturated rings. The number of benzene rings is 1. The summed E-state index contributed by atoms with van der Waals surface area (Å²) in [6.07, 6.45) is 1.22. The van der Waals surface area contributed by atoms with Crippen molar-refractivity contribution in [3.8, 4) is 5.69 Å². The highest BCUT2D eigenvalue weighted by Gasteiger charge is 2.15. The predicted molar refractivity (Wildman–Crippen MR) is 64.7 cm³/mol. The summed E-state index contributed by atoms with van der Waals surface area (Å²) in [6, 6.07) is 5.25. The molecule has 0 bridgehead atoms. The van der Waals surface area contributed by atoms with E-state index in [-0.39, 0.29) is 11.4 Å². The Balaban J connectivity index is 2.61. The largest absolute Gasteiger partial charge is 0.477 e. The first-order valence-electron chi connectivity index (χ1n) is 4.84. The normalized spacial score (nSPS) is 10.5. The average molecular weight is 252 g/mol. The smallest absolute Gasteiger partial charge is 0.341 e. The zero-order chi connectivity index (χ0) is 12.6. The average Bonchev–Trinajstić information content (AvgIpc) is 2.64. The SMILES string of the molecule is Cc1ccc(Cl)cc1-n1ncc(C(=O)O)c1N. The monoisotopic (exact) mass is 251 g/mol. The lowest BCUT2D eigenvalue weighted by atomic mass is 10.2. The Morgan fingerprint density at radius 2 is 2.24 bits per heavy atom. The third-order valence-electron chi connectivity index (χ3n) is 2.44. The molecule has 0 aliphatic rings. The number of aryl methyl sites for hydroxylation is 1. The number of carboxylic acid groups (broad SMARTS) is 1. The number of aromatic carboxylic acids is 1. The van der Waals surface area contributed by atoms with E-state index in [1.165, 1.54) is 10.9 Å². The predicted octanol–water partition coefficient (Wildman–Crippen LogP) is 2.11. The fraction of sp³-hybridized carbons (Fsp3) is 0.0909. The molecule has 0 aliphatic heterocycles. The number of carbonyl (C=O) groups is 1. The maximum absolute atomic E-state index is 10.9. The third kappa shape index (κ3) is 1.97. The minimum atomic E-state index is -1.10. The van der Waals surface area contributed by atoms with Gasteiger partial charge in [-0.05, 0) is 24.6 Å². The fourth-order valence-corrected chi connectivity index (χ4v) is 1.69. The minimum absolute atomic E-state index is 0.0237. The second-order valence-corrected chi connectivity index (χ2v) is 4.03. The summed E-state index contributed by atoms with van der Waals surface area (Å²) in [5, 5.41) is 13.4. The highest BCUT2D eigenvalue weighted by atomic mass is 35.5. The quantitative estimate of drug-likeness (QED) is 0.857. The summed E-state index contributed by atoms with van der Waals surface area (Å²) in [5.74, 6) is -1.02. The first kappa shape index (κ1) is 11.5. The van der Waals surface area contributed by atoms with Gasteiger partial charge in [-0.25, -0.2) is 9.48 Å². The molecule has 5 nitrogen and oxygen atoms in total. The van der Waals surface area contributed by atoms with Crippen molar-refractivity contribution in [1.29, 1.82) is 0 Å². The van der Waals surface area contributed by atoms with Gasteiger partial charge < -0.3 is 10.8 Å². The molecule has 0 saturated heterocycles. The van der Waals surface area contributed by atoms with Crippen molar-refractivity contribution in [2.45, 2.75) is 6.92 Å². The van der Waals surface area contributed by atoms with Gasteiger partial charge in [0.05, 0.1) is 11.9 Å². The van der Waals surface area contributed by atoms with Crippen LogP contribution in [0.25, 0.3) is 5.69 Å². The van der Waals surface area contributed by atoms with Gasteiger partial charge in [0.15, 0.2) is 0 Å². The Morgan fingerprint density at radius 3 is 2.82 bits per heavy atom. The Hall–Kier alpha value is -2.01. The van der Waals surface area contributed by atoms with Crippen LogP contribution in [0.1, 0.15) is 15.9 Å². The molecule has 17 heavy (non-hydrogen) atoms. The lowest BCUT2D eigenvalue weighted by molar-refractivity contribution is 0.0698. The highest BCUT2D eigenvalue weighted by molar-refractivity contribution is 6.30. The summed E-state index contributed by atoms with van der Waals surface area (Å²) >= 11 is 5.89. The van der Waals surface area contributed by atoms with E-state index in [4.69, 9.17) is 22.4 Å². The number of nitrogen functional groups attached to an aromatic ring is 1. The fourth-order valence-electron chi connectivity index (χ4n) is 1.53. The van der Waals surface area contributed by atoms with Gasteiger partial charge in [-0.3, -0.25) is 0 Å². The summed E-state index contributed by atoms with van der Waals surface area (Å²) < 4.78 is 1.37. The summed E-state index contributed by atoms with van der Waals surface area (Å²) in [5.41, 5.74) is 7.28. The maximum atomic E-state index is 10.9. The topological polar surface area (TPSA) is 81.1 Å². The van der Waals surface area contributed by atoms with E-state index < -0.39 is 5.97 Å². The van der Waals surface area contributed by atoms with Gasteiger partial charge in [-0.15, -0.1) is 0 Å². The Bertz CT molecular complexity index is 592. The zero-order valence-corrected chi connectivity index (χ0v) is 9.77. The number of nitrogens with zero attached hydrogens (tertiary/aromatic N) is 2. The molecule has 88 valence electrons. The number of rotatable bonds is 2. The molecular weight excluding hydrogens is 242 g/mol. The molecule has 1 heterocycles. The van der Waals surface area contributed by atoms with Gasteiger partial charge in [0.1, 0.15) is 11.4 Å². The van der Waals surface area contributed by atoms with Gasteiger partial charge >= 0.3 is 5.97 Å². The number of halogens is 1. The van der Waals surface area contributed by atoms with Crippen molar-refractivity contribution in [2.75, 3.05) is 5.73 Å². The van der Waals surface area contributed by atoms with Crippen LogP contribution in [0.15, 0.2) is 24.4 Å². The maximum Gasteiger partial charge on any atom is 0.341 e. The Kier molecular flexibility index (Phi) is 2.77. The second-order valence-electron chi connectivity index (χ2n) is 3.59. The number of anilines is 1. The Morgan fingerprint density at radius 1 is 1.53 bits per heavy atom. The van der Waals surface area contributed by atoms with Crippen molar-refractivity contribution in [2.24, 2.45) is 0 Å². The van der Waals surface area contributed by atoms with Gasteiger partial charge in [-0.2, -0.15) is 5.10 Å². The molecular formula is C11H10ClN3O2.